The van der Waals surface area contributed by atoms with Gasteiger partial charge in [0, 0.05) is 12.0 Å². The van der Waals surface area contributed by atoms with E-state index in [2.05, 4.69) is 13.8 Å². The van der Waals surface area contributed by atoms with Crippen molar-refractivity contribution in [3.8, 4) is 0 Å². The van der Waals surface area contributed by atoms with Gasteiger partial charge in [0.25, 0.3) is 5.92 Å². The fourth-order valence-electron chi connectivity index (χ4n) is 2.23. The lowest BCUT2D eigenvalue weighted by Crippen LogP contribution is -2.18. The molecule has 1 aromatic rings. The molecule has 0 spiro atoms. The first-order chi connectivity index (χ1) is 8.42. The van der Waals surface area contributed by atoms with Crippen LogP contribution in [0.5, 0.6) is 0 Å². The molecule has 18 heavy (non-hydrogen) atoms. The predicted octanol–water partition coefficient (Wildman–Crippen LogP) is 4.28. The smallest absolute Gasteiger partial charge is 0.273 e. The van der Waals surface area contributed by atoms with Gasteiger partial charge in [-0.05, 0) is 23.9 Å². The van der Waals surface area contributed by atoms with E-state index in [1.165, 1.54) is 12.1 Å². The summed E-state index contributed by atoms with van der Waals surface area (Å²) in [7, 11) is 0. The molecule has 0 amide bonds. The van der Waals surface area contributed by atoms with Gasteiger partial charge in [-0.1, -0.05) is 51.5 Å². The van der Waals surface area contributed by atoms with Gasteiger partial charge in [0.05, 0.1) is 0 Å². The van der Waals surface area contributed by atoms with E-state index in [4.69, 9.17) is 5.73 Å². The molecule has 0 aromatic heterocycles. The largest absolute Gasteiger partial charge is 0.330 e. The number of alkyl halides is 2. The van der Waals surface area contributed by atoms with E-state index >= 15 is 0 Å². The van der Waals surface area contributed by atoms with Crippen LogP contribution in [0.25, 0.3) is 0 Å². The van der Waals surface area contributed by atoms with Crippen molar-refractivity contribution >= 4 is 0 Å². The average molecular weight is 255 g/mol. The summed E-state index contributed by atoms with van der Waals surface area (Å²) in [6.07, 6.45) is 0.378. The van der Waals surface area contributed by atoms with E-state index in [0.717, 1.165) is 5.56 Å². The Bertz CT molecular complexity index is 357. The van der Waals surface area contributed by atoms with Crippen LogP contribution in [0.2, 0.25) is 0 Å². The molecular formula is C15H23F2N. The average Bonchev–Trinajstić information content (AvgIpc) is 2.30. The van der Waals surface area contributed by atoms with E-state index in [1.807, 2.05) is 0 Å². The highest BCUT2D eigenvalue weighted by atomic mass is 19.3. The minimum Gasteiger partial charge on any atom is -0.330 e. The lowest BCUT2D eigenvalue weighted by Gasteiger charge is -2.21. The molecule has 0 saturated carbocycles. The van der Waals surface area contributed by atoms with Gasteiger partial charge in [0.1, 0.15) is 0 Å². The van der Waals surface area contributed by atoms with Gasteiger partial charge in [-0.25, -0.2) is 8.78 Å². The van der Waals surface area contributed by atoms with E-state index < -0.39 is 5.92 Å². The van der Waals surface area contributed by atoms with Crippen LogP contribution in [0.3, 0.4) is 0 Å². The molecule has 1 nitrogen and oxygen atoms in total. The molecule has 1 atom stereocenters. The zero-order chi connectivity index (χ0) is 13.8. The lowest BCUT2D eigenvalue weighted by atomic mass is 9.87. The summed E-state index contributed by atoms with van der Waals surface area (Å²) >= 11 is 0. The quantitative estimate of drug-likeness (QED) is 0.806. The summed E-state index contributed by atoms with van der Waals surface area (Å²) in [6.45, 7) is 6.50. The van der Waals surface area contributed by atoms with Gasteiger partial charge >= 0.3 is 0 Å². The van der Waals surface area contributed by atoms with Crippen molar-refractivity contribution in [3.05, 3.63) is 35.4 Å². The first-order valence-corrected chi connectivity index (χ1v) is 6.60. The van der Waals surface area contributed by atoms with Gasteiger partial charge < -0.3 is 5.73 Å². The number of nitrogens with two attached hydrogens (primary N) is 1. The van der Waals surface area contributed by atoms with Crippen molar-refractivity contribution < 1.29 is 8.78 Å². The van der Waals surface area contributed by atoms with Crippen LogP contribution in [-0.4, -0.2) is 6.54 Å². The molecule has 1 rings (SSSR count). The minimum atomic E-state index is -2.72. The standard InChI is InChI=1S/C15H23F2N/c1-4-9-15(16,17)13-7-5-12(6-8-13)14(10-18)11(2)3/h5-8,11,14H,4,9-10,18H2,1-3H3. The number of rotatable bonds is 6. The second-order valence-electron chi connectivity index (χ2n) is 5.16. The number of hydrogen-bond donors (Lipinski definition) is 1. The second-order valence-corrected chi connectivity index (χ2v) is 5.16. The third-order valence-corrected chi connectivity index (χ3v) is 3.38. The Balaban J connectivity index is 2.92. The molecule has 0 aliphatic heterocycles. The summed E-state index contributed by atoms with van der Waals surface area (Å²) in [5.41, 5.74) is 6.88. The van der Waals surface area contributed by atoms with Crippen LogP contribution in [0.15, 0.2) is 24.3 Å². The maximum atomic E-state index is 13.7. The Labute approximate surface area is 108 Å². The highest BCUT2D eigenvalue weighted by molar-refractivity contribution is 5.28. The summed E-state index contributed by atoms with van der Waals surface area (Å²) in [4.78, 5) is 0. The third-order valence-electron chi connectivity index (χ3n) is 3.38. The molecule has 0 radical (unpaired) electrons. The Kier molecular flexibility index (Phi) is 5.27. The summed E-state index contributed by atoms with van der Waals surface area (Å²) in [6, 6.07) is 6.65. The van der Waals surface area contributed by atoms with Crippen molar-refractivity contribution in [1.29, 1.82) is 0 Å². The SMILES string of the molecule is CCCC(F)(F)c1ccc(C(CN)C(C)C)cc1. The summed E-state index contributed by atoms with van der Waals surface area (Å²) < 4.78 is 27.4. The molecule has 1 unspecified atom stereocenters. The molecular weight excluding hydrogens is 232 g/mol. The molecule has 0 aliphatic rings. The number of hydrogen-bond acceptors (Lipinski definition) is 1. The van der Waals surface area contributed by atoms with Crippen molar-refractivity contribution in [2.24, 2.45) is 11.7 Å². The van der Waals surface area contributed by atoms with E-state index in [1.54, 1.807) is 19.1 Å². The number of benzene rings is 1. The summed E-state index contributed by atoms with van der Waals surface area (Å²) in [5, 5.41) is 0. The van der Waals surface area contributed by atoms with E-state index in [9.17, 15) is 8.78 Å². The van der Waals surface area contributed by atoms with Crippen molar-refractivity contribution in [2.75, 3.05) is 6.54 Å². The Morgan fingerprint density at radius 2 is 1.72 bits per heavy atom. The molecule has 0 heterocycles. The van der Waals surface area contributed by atoms with Crippen molar-refractivity contribution in [3.63, 3.8) is 0 Å². The zero-order valence-electron chi connectivity index (χ0n) is 11.4. The van der Waals surface area contributed by atoms with E-state index in [0.29, 0.717) is 18.9 Å². The number of halogens is 2. The second kappa shape index (κ2) is 6.28. The van der Waals surface area contributed by atoms with Crippen LogP contribution in [0.1, 0.15) is 50.7 Å². The molecule has 0 bridgehead atoms. The minimum absolute atomic E-state index is 0.100. The first-order valence-electron chi connectivity index (χ1n) is 6.60. The normalized spacial score (nSPS) is 13.9. The molecule has 0 aliphatic carbocycles. The maximum absolute atomic E-state index is 13.7. The van der Waals surface area contributed by atoms with Crippen molar-refractivity contribution in [2.45, 2.75) is 45.5 Å². The molecule has 1 aromatic carbocycles. The van der Waals surface area contributed by atoms with Crippen LogP contribution in [0, 0.1) is 5.92 Å². The maximum Gasteiger partial charge on any atom is 0.273 e. The Morgan fingerprint density at radius 1 is 1.17 bits per heavy atom. The van der Waals surface area contributed by atoms with Gasteiger partial charge in [0.15, 0.2) is 0 Å². The molecule has 3 heteroatoms. The summed E-state index contributed by atoms with van der Waals surface area (Å²) in [5.74, 6) is -2.07. The van der Waals surface area contributed by atoms with Crippen LogP contribution in [-0.2, 0) is 5.92 Å². The highest BCUT2D eigenvalue weighted by Crippen LogP contribution is 2.34. The highest BCUT2D eigenvalue weighted by Gasteiger charge is 2.30. The van der Waals surface area contributed by atoms with Crippen LogP contribution < -0.4 is 5.73 Å². The van der Waals surface area contributed by atoms with Gasteiger partial charge in [0.2, 0.25) is 0 Å². The first kappa shape index (κ1) is 15.1. The fourth-order valence-corrected chi connectivity index (χ4v) is 2.23. The lowest BCUT2D eigenvalue weighted by molar-refractivity contribution is -0.0140. The molecule has 2 N–H and O–H groups in total. The van der Waals surface area contributed by atoms with E-state index in [-0.39, 0.29) is 17.9 Å². The molecule has 0 fully saturated rings. The zero-order valence-corrected chi connectivity index (χ0v) is 11.4. The topological polar surface area (TPSA) is 26.0 Å². The van der Waals surface area contributed by atoms with Gasteiger partial charge in [-0.2, -0.15) is 0 Å². The molecule has 102 valence electrons. The van der Waals surface area contributed by atoms with Gasteiger partial charge in [-0.3, -0.25) is 0 Å². The molecule has 0 saturated heterocycles. The Hall–Kier alpha value is -0.960. The predicted molar refractivity (Wildman–Crippen MR) is 71.9 cm³/mol. The van der Waals surface area contributed by atoms with Crippen LogP contribution >= 0.6 is 0 Å². The van der Waals surface area contributed by atoms with Crippen LogP contribution in [0.4, 0.5) is 8.78 Å². The monoisotopic (exact) mass is 255 g/mol. The van der Waals surface area contributed by atoms with Gasteiger partial charge in [-0.15, -0.1) is 0 Å². The fraction of sp³-hybridized carbons (Fsp3) is 0.600. The third kappa shape index (κ3) is 3.52. The van der Waals surface area contributed by atoms with Crippen molar-refractivity contribution in [1.82, 2.24) is 0 Å². The Morgan fingerprint density at radius 3 is 2.11 bits per heavy atom.